The smallest absolute Gasteiger partial charge is 0.119 e. The Morgan fingerprint density at radius 1 is 1.05 bits per heavy atom. The van der Waals surface area contributed by atoms with Gasteiger partial charge in [0.2, 0.25) is 0 Å². The van der Waals surface area contributed by atoms with Crippen LogP contribution < -0.4 is 9.64 Å². The first kappa shape index (κ1) is 13.0. The standard InChI is InChI=1S/C18H21NO/c1-14-11-12-19(13-15-5-3-4-6-18(14)15)16-7-9-17(20-2)10-8-16/h3-10,14H,11-13H2,1-2H3. The first-order chi connectivity index (χ1) is 9.78. The van der Waals surface area contributed by atoms with Crippen LogP contribution in [0.2, 0.25) is 0 Å². The van der Waals surface area contributed by atoms with Gasteiger partial charge in [0.05, 0.1) is 7.11 Å². The number of hydrogen-bond donors (Lipinski definition) is 0. The minimum atomic E-state index is 0.634. The van der Waals surface area contributed by atoms with E-state index in [1.807, 2.05) is 12.1 Å². The quantitative estimate of drug-likeness (QED) is 0.808. The molecule has 2 nitrogen and oxygen atoms in total. The minimum Gasteiger partial charge on any atom is -0.497 e. The van der Waals surface area contributed by atoms with Crippen molar-refractivity contribution in [2.75, 3.05) is 18.6 Å². The number of nitrogens with zero attached hydrogens (tertiary/aromatic N) is 1. The van der Waals surface area contributed by atoms with Gasteiger partial charge in [-0.2, -0.15) is 0 Å². The molecule has 2 heteroatoms. The van der Waals surface area contributed by atoms with Crippen molar-refractivity contribution in [1.29, 1.82) is 0 Å². The van der Waals surface area contributed by atoms with Gasteiger partial charge in [-0.1, -0.05) is 31.2 Å². The molecule has 0 aromatic heterocycles. The Labute approximate surface area is 121 Å². The van der Waals surface area contributed by atoms with Crippen molar-refractivity contribution < 1.29 is 4.74 Å². The summed E-state index contributed by atoms with van der Waals surface area (Å²) in [6, 6.07) is 17.2. The van der Waals surface area contributed by atoms with Crippen molar-refractivity contribution in [2.24, 2.45) is 0 Å². The monoisotopic (exact) mass is 267 g/mol. The largest absolute Gasteiger partial charge is 0.497 e. The number of hydrogen-bond acceptors (Lipinski definition) is 2. The second-order valence-corrected chi connectivity index (χ2v) is 5.51. The Kier molecular flexibility index (Phi) is 3.64. The Bertz CT molecular complexity index is 576. The summed E-state index contributed by atoms with van der Waals surface area (Å²) in [5.74, 6) is 1.55. The van der Waals surface area contributed by atoms with Crippen molar-refractivity contribution in [3.05, 3.63) is 59.7 Å². The third-order valence-electron chi connectivity index (χ3n) is 4.22. The van der Waals surface area contributed by atoms with E-state index < -0.39 is 0 Å². The van der Waals surface area contributed by atoms with Crippen LogP contribution >= 0.6 is 0 Å². The highest BCUT2D eigenvalue weighted by molar-refractivity contribution is 5.51. The maximum Gasteiger partial charge on any atom is 0.119 e. The van der Waals surface area contributed by atoms with Gasteiger partial charge in [-0.15, -0.1) is 0 Å². The maximum absolute atomic E-state index is 5.24. The average Bonchev–Trinajstić information content (AvgIpc) is 2.67. The average molecular weight is 267 g/mol. The molecule has 0 saturated heterocycles. The molecule has 2 aromatic carbocycles. The Morgan fingerprint density at radius 2 is 1.80 bits per heavy atom. The van der Waals surface area contributed by atoms with E-state index in [1.54, 1.807) is 7.11 Å². The normalized spacial score (nSPS) is 18.3. The van der Waals surface area contributed by atoms with Gasteiger partial charge in [0, 0.05) is 18.8 Å². The van der Waals surface area contributed by atoms with E-state index in [4.69, 9.17) is 4.74 Å². The second kappa shape index (κ2) is 5.58. The number of ether oxygens (including phenoxy) is 1. The van der Waals surface area contributed by atoms with E-state index in [0.717, 1.165) is 18.8 Å². The van der Waals surface area contributed by atoms with Crippen molar-refractivity contribution in [3.8, 4) is 5.75 Å². The highest BCUT2D eigenvalue weighted by atomic mass is 16.5. The van der Waals surface area contributed by atoms with Crippen LogP contribution in [0.4, 0.5) is 5.69 Å². The summed E-state index contributed by atoms with van der Waals surface area (Å²) in [6.45, 7) is 4.42. The molecule has 0 fully saturated rings. The topological polar surface area (TPSA) is 12.5 Å². The number of rotatable bonds is 2. The van der Waals surface area contributed by atoms with E-state index in [9.17, 15) is 0 Å². The Morgan fingerprint density at radius 3 is 2.55 bits per heavy atom. The van der Waals surface area contributed by atoms with Gasteiger partial charge in [0.25, 0.3) is 0 Å². The van der Waals surface area contributed by atoms with Crippen LogP contribution in [-0.4, -0.2) is 13.7 Å². The summed E-state index contributed by atoms with van der Waals surface area (Å²) < 4.78 is 5.24. The van der Waals surface area contributed by atoms with Gasteiger partial charge in [-0.3, -0.25) is 0 Å². The van der Waals surface area contributed by atoms with E-state index in [-0.39, 0.29) is 0 Å². The van der Waals surface area contributed by atoms with E-state index in [0.29, 0.717) is 5.92 Å². The molecule has 0 bridgehead atoms. The number of fused-ring (bicyclic) bond motifs is 1. The summed E-state index contributed by atoms with van der Waals surface area (Å²) in [5, 5.41) is 0. The number of anilines is 1. The van der Waals surface area contributed by atoms with Crippen LogP contribution in [0, 0.1) is 0 Å². The Balaban J connectivity index is 1.88. The molecule has 0 radical (unpaired) electrons. The van der Waals surface area contributed by atoms with E-state index in [1.165, 1.54) is 23.2 Å². The van der Waals surface area contributed by atoms with Crippen molar-refractivity contribution in [1.82, 2.24) is 0 Å². The van der Waals surface area contributed by atoms with Crippen molar-refractivity contribution >= 4 is 5.69 Å². The molecule has 104 valence electrons. The van der Waals surface area contributed by atoms with E-state index >= 15 is 0 Å². The third kappa shape index (κ3) is 2.51. The van der Waals surface area contributed by atoms with Crippen LogP contribution in [-0.2, 0) is 6.54 Å². The first-order valence-electron chi connectivity index (χ1n) is 7.24. The molecular formula is C18H21NO. The van der Waals surface area contributed by atoms with Gasteiger partial charge in [0.1, 0.15) is 5.75 Å². The fourth-order valence-corrected chi connectivity index (χ4v) is 2.96. The lowest BCUT2D eigenvalue weighted by atomic mass is 9.95. The Hall–Kier alpha value is -1.96. The van der Waals surface area contributed by atoms with Gasteiger partial charge in [0.15, 0.2) is 0 Å². The van der Waals surface area contributed by atoms with Crippen LogP contribution in [0.5, 0.6) is 5.75 Å². The van der Waals surface area contributed by atoms with Gasteiger partial charge in [-0.25, -0.2) is 0 Å². The molecule has 0 spiro atoms. The molecule has 0 N–H and O–H groups in total. The SMILES string of the molecule is COc1ccc(N2CCC(C)c3ccccc3C2)cc1. The molecular weight excluding hydrogens is 246 g/mol. The zero-order valence-corrected chi connectivity index (χ0v) is 12.2. The summed E-state index contributed by atoms with van der Waals surface area (Å²) in [6.07, 6.45) is 1.20. The zero-order chi connectivity index (χ0) is 13.9. The van der Waals surface area contributed by atoms with Crippen LogP contribution in [0.1, 0.15) is 30.4 Å². The summed E-state index contributed by atoms with van der Waals surface area (Å²) >= 11 is 0. The zero-order valence-electron chi connectivity index (χ0n) is 12.2. The lowest BCUT2D eigenvalue weighted by Crippen LogP contribution is -2.22. The molecule has 20 heavy (non-hydrogen) atoms. The van der Waals surface area contributed by atoms with Gasteiger partial charge in [-0.05, 0) is 47.7 Å². The molecule has 1 atom stereocenters. The lowest BCUT2D eigenvalue weighted by Gasteiger charge is -2.23. The summed E-state index contributed by atoms with van der Waals surface area (Å²) in [5.41, 5.74) is 4.23. The fraction of sp³-hybridized carbons (Fsp3) is 0.333. The third-order valence-corrected chi connectivity index (χ3v) is 4.22. The van der Waals surface area contributed by atoms with Gasteiger partial charge < -0.3 is 9.64 Å². The molecule has 1 aliphatic heterocycles. The van der Waals surface area contributed by atoms with Crippen LogP contribution in [0.3, 0.4) is 0 Å². The van der Waals surface area contributed by atoms with Crippen molar-refractivity contribution in [3.63, 3.8) is 0 Å². The minimum absolute atomic E-state index is 0.634. The molecule has 0 aliphatic carbocycles. The first-order valence-corrected chi connectivity index (χ1v) is 7.24. The highest BCUT2D eigenvalue weighted by Crippen LogP contribution is 2.31. The maximum atomic E-state index is 5.24. The lowest BCUT2D eigenvalue weighted by molar-refractivity contribution is 0.415. The number of benzene rings is 2. The summed E-state index contributed by atoms with van der Waals surface area (Å²) in [7, 11) is 1.71. The van der Waals surface area contributed by atoms with E-state index in [2.05, 4.69) is 48.2 Å². The van der Waals surface area contributed by atoms with Crippen LogP contribution in [0.15, 0.2) is 48.5 Å². The molecule has 0 amide bonds. The highest BCUT2D eigenvalue weighted by Gasteiger charge is 2.19. The second-order valence-electron chi connectivity index (χ2n) is 5.51. The molecule has 2 aromatic rings. The molecule has 1 aliphatic rings. The molecule has 3 rings (SSSR count). The molecule has 1 unspecified atom stereocenters. The predicted octanol–water partition coefficient (Wildman–Crippen LogP) is 4.21. The molecule has 0 saturated carbocycles. The molecule has 1 heterocycles. The van der Waals surface area contributed by atoms with Gasteiger partial charge >= 0.3 is 0 Å². The summed E-state index contributed by atoms with van der Waals surface area (Å²) in [4.78, 5) is 2.46. The van der Waals surface area contributed by atoms with Crippen molar-refractivity contribution in [2.45, 2.75) is 25.8 Å². The van der Waals surface area contributed by atoms with Crippen LogP contribution in [0.25, 0.3) is 0 Å². The number of methoxy groups -OCH3 is 1. The predicted molar refractivity (Wildman–Crippen MR) is 83.5 cm³/mol. The fourth-order valence-electron chi connectivity index (χ4n) is 2.96.